The lowest BCUT2D eigenvalue weighted by molar-refractivity contribution is -0.116. The molecule has 3 fully saturated rings. The summed E-state index contributed by atoms with van der Waals surface area (Å²) in [6, 6.07) is 0. The second-order valence-electron chi connectivity index (χ2n) is 11.7. The molecule has 0 aromatic carbocycles. The van der Waals surface area contributed by atoms with Crippen molar-refractivity contribution in [2.45, 2.75) is 90.0 Å². The van der Waals surface area contributed by atoms with Gasteiger partial charge in [0, 0.05) is 20.6 Å². The van der Waals surface area contributed by atoms with Gasteiger partial charge in [0.1, 0.15) is 5.16 Å². The van der Waals surface area contributed by atoms with Crippen LogP contribution >= 0.6 is 7.60 Å². The van der Waals surface area contributed by atoms with Crippen LogP contribution in [0.4, 0.5) is 0 Å². The van der Waals surface area contributed by atoms with E-state index in [4.69, 9.17) is 9.05 Å². The Balaban J connectivity index is 1.77. The number of fused-ring (bicyclic) bond motifs is 1. The first-order valence-corrected chi connectivity index (χ1v) is 14.7. The highest BCUT2D eigenvalue weighted by atomic mass is 31.2. The van der Waals surface area contributed by atoms with E-state index in [9.17, 15) is 19.6 Å². The number of rotatable bonds is 8. The summed E-state index contributed by atoms with van der Waals surface area (Å²) in [6.07, 6.45) is 13.1. The normalized spacial score (nSPS) is 34.9. The summed E-state index contributed by atoms with van der Waals surface area (Å²) in [5.41, 5.74) is 3.24. The van der Waals surface area contributed by atoms with E-state index in [0.717, 1.165) is 43.3 Å². The first-order valence-electron chi connectivity index (χ1n) is 13.2. The van der Waals surface area contributed by atoms with E-state index in [1.807, 2.05) is 6.08 Å². The van der Waals surface area contributed by atoms with Crippen molar-refractivity contribution in [2.24, 2.45) is 23.2 Å². The number of carbonyl (C=O) groups excluding carboxylic acids is 1. The van der Waals surface area contributed by atoms with E-state index >= 15 is 0 Å². The Bertz CT molecular complexity index is 984. The lowest BCUT2D eigenvalue weighted by atomic mass is 9.61. The zero-order chi connectivity index (χ0) is 26.9. The van der Waals surface area contributed by atoms with Crippen LogP contribution in [-0.2, 0) is 18.4 Å². The summed E-state index contributed by atoms with van der Waals surface area (Å²) in [5, 5.41) is 19.0. The Hall–Kier alpha value is -1.30. The highest BCUT2D eigenvalue weighted by molar-refractivity contribution is 7.56. The average molecular weight is 521 g/mol. The van der Waals surface area contributed by atoms with Crippen LogP contribution in [0, 0.1) is 23.2 Å². The maximum Gasteiger partial charge on any atom is 0.343 e. The topological polar surface area (TPSA) is 93.1 Å². The zero-order valence-corrected chi connectivity index (χ0v) is 23.7. The molecular weight excluding hydrogens is 475 g/mol. The molecule has 0 amide bonds. The van der Waals surface area contributed by atoms with E-state index in [1.165, 1.54) is 19.8 Å². The molecule has 202 valence electrons. The number of allylic oxidation sites excluding steroid dienone is 5. The largest absolute Gasteiger partial charge is 0.393 e. The van der Waals surface area contributed by atoms with Gasteiger partial charge in [-0.1, -0.05) is 44.2 Å². The van der Waals surface area contributed by atoms with Crippen molar-refractivity contribution >= 4 is 13.4 Å². The Kier molecular flexibility index (Phi) is 9.11. The number of ketones is 1. The molecule has 0 spiro atoms. The summed E-state index contributed by atoms with van der Waals surface area (Å²) in [6.45, 7) is 11.8. The van der Waals surface area contributed by atoms with Gasteiger partial charge in [0.25, 0.3) is 0 Å². The van der Waals surface area contributed by atoms with Crippen LogP contribution in [0.1, 0.15) is 72.6 Å². The Morgan fingerprint density at radius 3 is 2.53 bits per heavy atom. The van der Waals surface area contributed by atoms with E-state index in [0.29, 0.717) is 24.7 Å². The number of aliphatic hydroxyl groups is 2. The minimum Gasteiger partial charge on any atom is -0.393 e. The first-order chi connectivity index (χ1) is 16.8. The molecule has 3 rings (SSSR count). The van der Waals surface area contributed by atoms with Gasteiger partial charge >= 0.3 is 7.60 Å². The van der Waals surface area contributed by atoms with Crippen molar-refractivity contribution in [1.82, 2.24) is 0 Å². The van der Waals surface area contributed by atoms with Crippen molar-refractivity contribution in [3.63, 3.8) is 0 Å². The lowest BCUT2D eigenvalue weighted by Crippen LogP contribution is -2.36. The molecule has 3 aliphatic rings. The van der Waals surface area contributed by atoms with E-state index in [-0.39, 0.29) is 17.1 Å². The molecular formula is C29H45O6P. The first kappa shape index (κ1) is 29.3. The van der Waals surface area contributed by atoms with Gasteiger partial charge in [0.2, 0.25) is 0 Å². The van der Waals surface area contributed by atoms with E-state index in [2.05, 4.69) is 32.6 Å². The highest BCUT2D eigenvalue weighted by Crippen LogP contribution is 2.60. The summed E-state index contributed by atoms with van der Waals surface area (Å²) in [4.78, 5) is 13.0. The Morgan fingerprint density at radius 1 is 1.22 bits per heavy atom. The molecule has 3 aliphatic carbocycles. The molecule has 6 atom stereocenters. The number of hydrogen-bond donors (Lipinski definition) is 2. The molecule has 0 aromatic rings. The summed E-state index contributed by atoms with van der Waals surface area (Å²) in [5.74, 6) is 0.861. The average Bonchev–Trinajstić information content (AvgIpc) is 3.20. The fourth-order valence-electron chi connectivity index (χ4n) is 6.85. The van der Waals surface area contributed by atoms with Crippen LogP contribution in [0.15, 0.2) is 47.6 Å². The molecule has 0 radical (unpaired) electrons. The fraction of sp³-hybridized carbons (Fsp3) is 0.690. The van der Waals surface area contributed by atoms with Crippen molar-refractivity contribution in [3.05, 3.63) is 47.6 Å². The number of aliphatic hydroxyl groups excluding tert-OH is 2. The maximum absolute atomic E-state index is 13.0. The lowest BCUT2D eigenvalue weighted by Gasteiger charge is -2.44. The second kappa shape index (κ2) is 11.2. The fourth-order valence-corrected chi connectivity index (χ4v) is 8.26. The van der Waals surface area contributed by atoms with Gasteiger partial charge in [0.05, 0.1) is 12.2 Å². The van der Waals surface area contributed by atoms with Gasteiger partial charge in [-0.3, -0.25) is 9.36 Å². The molecule has 0 bridgehead atoms. The van der Waals surface area contributed by atoms with Crippen molar-refractivity contribution in [2.75, 3.05) is 14.2 Å². The molecule has 0 heterocycles. The predicted molar refractivity (Wildman–Crippen MR) is 144 cm³/mol. The second-order valence-corrected chi connectivity index (χ2v) is 14.5. The van der Waals surface area contributed by atoms with Crippen LogP contribution < -0.4 is 0 Å². The van der Waals surface area contributed by atoms with Crippen LogP contribution in [0.2, 0.25) is 0 Å². The summed E-state index contributed by atoms with van der Waals surface area (Å²) in [7, 11) is -0.935. The smallest absolute Gasteiger partial charge is 0.343 e. The number of carbonyl (C=O) groups is 1. The summed E-state index contributed by atoms with van der Waals surface area (Å²) < 4.78 is 23.1. The highest BCUT2D eigenvalue weighted by Gasteiger charge is 2.51. The third kappa shape index (κ3) is 5.44. The van der Waals surface area contributed by atoms with E-state index in [1.54, 1.807) is 19.9 Å². The molecule has 0 aliphatic heterocycles. The van der Waals surface area contributed by atoms with Crippen LogP contribution in [0.5, 0.6) is 0 Å². The standard InChI is InChI=1S/C29H45O6P/c1-19(10-15-27(32)28(3,4)36(33,34-6)35-7)24-13-14-25-21(9-8-16-29(24,25)5)11-12-22-17-23(30)18-26(31)20(22)2/h10-12,15,19,23-26,30-31H,2,8-9,13-14,16-18H2,1,3-7H3/t19-,23-,24-,25?,26+,29-/m1/s1. The van der Waals surface area contributed by atoms with Crippen LogP contribution in [-0.4, -0.2) is 47.6 Å². The Morgan fingerprint density at radius 2 is 1.89 bits per heavy atom. The molecule has 0 saturated heterocycles. The van der Waals surface area contributed by atoms with Gasteiger partial charge < -0.3 is 19.3 Å². The third-order valence-corrected chi connectivity index (χ3v) is 11.8. The van der Waals surface area contributed by atoms with Gasteiger partial charge in [-0.05, 0) is 92.8 Å². The van der Waals surface area contributed by atoms with Crippen molar-refractivity contribution in [3.8, 4) is 0 Å². The maximum atomic E-state index is 13.0. The molecule has 1 unspecified atom stereocenters. The monoisotopic (exact) mass is 520 g/mol. The molecule has 6 nitrogen and oxygen atoms in total. The van der Waals surface area contributed by atoms with Gasteiger partial charge in [-0.25, -0.2) is 0 Å². The number of hydrogen-bond acceptors (Lipinski definition) is 6. The van der Waals surface area contributed by atoms with Crippen LogP contribution in [0.25, 0.3) is 0 Å². The molecule has 3 saturated carbocycles. The predicted octanol–water partition coefficient (Wildman–Crippen LogP) is 6.15. The van der Waals surface area contributed by atoms with Gasteiger partial charge in [-0.2, -0.15) is 0 Å². The third-order valence-electron chi connectivity index (χ3n) is 9.26. The summed E-state index contributed by atoms with van der Waals surface area (Å²) >= 11 is 0. The minimum atomic E-state index is -3.55. The van der Waals surface area contributed by atoms with Gasteiger partial charge in [0.15, 0.2) is 5.78 Å². The molecule has 0 aromatic heterocycles. The zero-order valence-electron chi connectivity index (χ0n) is 22.8. The van der Waals surface area contributed by atoms with Crippen molar-refractivity contribution in [1.29, 1.82) is 0 Å². The van der Waals surface area contributed by atoms with E-state index < -0.39 is 25.0 Å². The molecule has 7 heteroatoms. The Labute approximate surface area is 217 Å². The molecule has 36 heavy (non-hydrogen) atoms. The van der Waals surface area contributed by atoms with Gasteiger partial charge in [-0.15, -0.1) is 0 Å². The van der Waals surface area contributed by atoms with Crippen LogP contribution in [0.3, 0.4) is 0 Å². The minimum absolute atomic E-state index is 0.141. The quantitative estimate of drug-likeness (QED) is 0.294. The van der Waals surface area contributed by atoms with Crippen molar-refractivity contribution < 1.29 is 28.6 Å². The molecule has 2 N–H and O–H groups in total. The SMILES string of the molecule is C=C1C(=CC=C2CCC[C@@]3(C)C2CC[C@@H]3[C@H](C)C=CC(=O)C(C)(C)P(=O)(OC)OC)C[C@@H](O)C[C@@H]1O.